The molecule has 0 aliphatic heterocycles. The maximum Gasteiger partial charge on any atom is 0.279 e. The maximum atomic E-state index is 8.84. The number of hydrogen-bond acceptors (Lipinski definition) is 4. The molecule has 0 rings (SSSR count). The highest BCUT2D eigenvalue weighted by Gasteiger charge is 2.32. The van der Waals surface area contributed by atoms with E-state index in [-0.39, 0.29) is 6.42 Å². The van der Waals surface area contributed by atoms with Gasteiger partial charge in [-0.15, -0.1) is 0 Å². The van der Waals surface area contributed by atoms with Gasteiger partial charge >= 0.3 is 0 Å². The predicted octanol–water partition coefficient (Wildman–Crippen LogP) is 0.482. The lowest BCUT2D eigenvalue weighted by Crippen LogP contribution is -2.35. The van der Waals surface area contributed by atoms with Crippen LogP contribution < -0.4 is 0 Å². The van der Waals surface area contributed by atoms with Gasteiger partial charge in [0, 0.05) is 6.42 Å². The fraction of sp³-hybridized carbons (Fsp3) is 0.857. The molecule has 0 saturated heterocycles. The molecule has 0 atom stereocenters. The first kappa shape index (κ1) is 10.8. The molecule has 4 N–H and O–H groups in total. The second-order valence-corrected chi connectivity index (χ2v) is 2.60. The third-order valence-corrected chi connectivity index (χ3v) is 1.49. The zero-order chi connectivity index (χ0) is 8.91. The highest BCUT2D eigenvalue weighted by Crippen LogP contribution is 2.18. The molecule has 67 valence electrons. The Kier molecular flexibility index (Phi) is 4.60. The average Bonchev–Trinajstić information content (AvgIpc) is 1.88. The summed E-state index contributed by atoms with van der Waals surface area (Å²) in [6.07, 6.45) is 0.990. The molecule has 0 saturated carbocycles. The van der Waals surface area contributed by atoms with E-state index >= 15 is 0 Å². The van der Waals surface area contributed by atoms with Gasteiger partial charge in [0.1, 0.15) is 0 Å². The van der Waals surface area contributed by atoms with Crippen LogP contribution in [-0.2, 0) is 0 Å². The first-order valence-electron chi connectivity index (χ1n) is 3.71. The average molecular weight is 163 g/mol. The van der Waals surface area contributed by atoms with Gasteiger partial charge in [0.05, 0.1) is 0 Å². The predicted molar refractivity (Wildman–Crippen MR) is 38.4 cm³/mol. The van der Waals surface area contributed by atoms with Crippen LogP contribution in [0.1, 0.15) is 32.6 Å². The molecule has 4 nitrogen and oxygen atoms in total. The third kappa shape index (κ3) is 4.31. The van der Waals surface area contributed by atoms with Crippen molar-refractivity contribution in [2.45, 2.75) is 38.4 Å². The van der Waals surface area contributed by atoms with Crippen LogP contribution in [0.3, 0.4) is 0 Å². The van der Waals surface area contributed by atoms with E-state index in [9.17, 15) is 0 Å². The van der Waals surface area contributed by atoms with Crippen LogP contribution >= 0.6 is 0 Å². The molecule has 0 fully saturated rings. The third-order valence-electron chi connectivity index (χ3n) is 1.49. The van der Waals surface area contributed by atoms with E-state index in [4.69, 9.17) is 20.4 Å². The van der Waals surface area contributed by atoms with Crippen LogP contribution in [0.15, 0.2) is 0 Å². The van der Waals surface area contributed by atoms with E-state index in [0.29, 0.717) is 6.42 Å². The van der Waals surface area contributed by atoms with Crippen LogP contribution in [-0.4, -0.2) is 26.2 Å². The summed E-state index contributed by atoms with van der Waals surface area (Å²) in [5.41, 5.74) is 0. The Bertz CT molecular complexity index is 101. The second-order valence-electron chi connectivity index (χ2n) is 2.60. The lowest BCUT2D eigenvalue weighted by molar-refractivity contribution is -0.231. The first-order valence-corrected chi connectivity index (χ1v) is 3.71. The Morgan fingerprint density at radius 1 is 1.18 bits per heavy atom. The summed E-state index contributed by atoms with van der Waals surface area (Å²) in [5, 5.41) is 34.4. The lowest BCUT2D eigenvalue weighted by atomic mass is 10.1. The Labute approximate surface area is 66.1 Å². The largest absolute Gasteiger partial charge is 0.361 e. The molecule has 0 bridgehead atoms. The van der Waals surface area contributed by atoms with Gasteiger partial charge in [-0.25, -0.2) is 0 Å². The van der Waals surface area contributed by atoms with E-state index < -0.39 is 12.1 Å². The minimum atomic E-state index is -2.42. The topological polar surface area (TPSA) is 80.9 Å². The molecule has 0 aromatic carbocycles. The van der Waals surface area contributed by atoms with Gasteiger partial charge in [-0.2, -0.15) is 0 Å². The number of unbranched alkanes of at least 4 members (excludes halogenated alkanes) is 2. The highest BCUT2D eigenvalue weighted by atomic mass is 16.6. The van der Waals surface area contributed by atoms with E-state index in [0.717, 1.165) is 12.8 Å². The minimum absolute atomic E-state index is 0.0385. The van der Waals surface area contributed by atoms with Crippen LogP contribution in [0.2, 0.25) is 0 Å². The van der Waals surface area contributed by atoms with Gasteiger partial charge in [-0.05, 0) is 6.42 Å². The van der Waals surface area contributed by atoms with Crippen molar-refractivity contribution >= 4 is 0 Å². The Morgan fingerprint density at radius 3 is 2.09 bits per heavy atom. The molecule has 0 aliphatic carbocycles. The van der Waals surface area contributed by atoms with Gasteiger partial charge in [0.15, 0.2) is 0 Å². The van der Waals surface area contributed by atoms with Gasteiger partial charge in [0.25, 0.3) is 6.29 Å². The van der Waals surface area contributed by atoms with Crippen LogP contribution in [0, 0.1) is 6.29 Å². The van der Waals surface area contributed by atoms with E-state index in [1.165, 1.54) is 0 Å². The normalized spacial score (nSPS) is 12.5. The van der Waals surface area contributed by atoms with Crippen molar-refractivity contribution in [2.75, 3.05) is 0 Å². The number of rotatable bonds is 5. The minimum Gasteiger partial charge on any atom is -0.361 e. The summed E-state index contributed by atoms with van der Waals surface area (Å²) in [5.74, 6) is -2.42. The number of aliphatic hydroxyl groups excluding tert-OH is 1. The molecule has 0 aromatic heterocycles. The van der Waals surface area contributed by atoms with E-state index in [1.807, 2.05) is 6.92 Å². The highest BCUT2D eigenvalue weighted by molar-refractivity contribution is 4.79. The van der Waals surface area contributed by atoms with Crippen molar-refractivity contribution in [1.29, 1.82) is 0 Å². The van der Waals surface area contributed by atoms with Gasteiger partial charge < -0.3 is 20.4 Å². The molecule has 0 heterocycles. The van der Waals surface area contributed by atoms with Crippen LogP contribution in [0.25, 0.3) is 0 Å². The van der Waals surface area contributed by atoms with Crippen molar-refractivity contribution in [3.63, 3.8) is 0 Å². The zero-order valence-corrected chi connectivity index (χ0v) is 6.62. The standard InChI is InChI=1S/C7H15O4/c1-2-3-4-5-7(10,11)6(8)9/h8-11H,2-5H2,1H3. The van der Waals surface area contributed by atoms with Crippen molar-refractivity contribution in [2.24, 2.45) is 0 Å². The van der Waals surface area contributed by atoms with Crippen molar-refractivity contribution in [3.05, 3.63) is 6.29 Å². The Hall–Kier alpha value is -0.160. The maximum absolute atomic E-state index is 8.84. The van der Waals surface area contributed by atoms with E-state index in [2.05, 4.69) is 0 Å². The summed E-state index contributed by atoms with van der Waals surface area (Å²) >= 11 is 0. The zero-order valence-electron chi connectivity index (χ0n) is 6.62. The quantitative estimate of drug-likeness (QED) is 0.351. The van der Waals surface area contributed by atoms with Crippen molar-refractivity contribution in [1.82, 2.24) is 0 Å². The summed E-state index contributed by atoms with van der Waals surface area (Å²) < 4.78 is 0. The van der Waals surface area contributed by atoms with Crippen molar-refractivity contribution < 1.29 is 20.4 Å². The molecule has 0 aliphatic rings. The molecule has 0 spiro atoms. The summed E-state index contributed by atoms with van der Waals surface area (Å²) in [6, 6.07) is 0. The molecule has 0 unspecified atom stereocenters. The van der Waals surface area contributed by atoms with Crippen LogP contribution in [0.4, 0.5) is 0 Å². The monoisotopic (exact) mass is 163 g/mol. The summed E-state index contributed by atoms with van der Waals surface area (Å²) in [4.78, 5) is 0. The van der Waals surface area contributed by atoms with E-state index in [1.54, 1.807) is 0 Å². The smallest absolute Gasteiger partial charge is 0.279 e. The van der Waals surface area contributed by atoms with Gasteiger partial charge in [0.2, 0.25) is 5.79 Å². The molecular formula is C7H15O4. The van der Waals surface area contributed by atoms with Crippen LogP contribution in [0.5, 0.6) is 0 Å². The SMILES string of the molecule is CCCCCC(O)(O)[C](O)O. The number of aliphatic hydroxyl groups is 4. The Balaban J connectivity index is 3.55. The van der Waals surface area contributed by atoms with Crippen molar-refractivity contribution in [3.8, 4) is 0 Å². The number of hydrogen-bond donors (Lipinski definition) is 4. The molecule has 4 heteroatoms. The van der Waals surface area contributed by atoms with Gasteiger partial charge in [-0.1, -0.05) is 19.8 Å². The summed E-state index contributed by atoms with van der Waals surface area (Å²) in [6.45, 7) is 1.97. The Morgan fingerprint density at radius 2 is 1.73 bits per heavy atom. The molecule has 0 amide bonds. The molecule has 1 radical (unpaired) electrons. The molecule has 11 heavy (non-hydrogen) atoms. The molecule has 0 aromatic rings. The second kappa shape index (κ2) is 4.66. The first-order chi connectivity index (χ1) is 5.00. The molecular weight excluding hydrogens is 148 g/mol. The van der Waals surface area contributed by atoms with Gasteiger partial charge in [-0.3, -0.25) is 0 Å². The fourth-order valence-electron chi connectivity index (χ4n) is 0.733. The lowest BCUT2D eigenvalue weighted by Gasteiger charge is -2.21. The fourth-order valence-corrected chi connectivity index (χ4v) is 0.733. The summed E-state index contributed by atoms with van der Waals surface area (Å²) in [7, 11) is 0.